The van der Waals surface area contributed by atoms with Crippen LogP contribution in [-0.4, -0.2) is 5.75 Å². The molecule has 0 spiro atoms. The van der Waals surface area contributed by atoms with Crippen molar-refractivity contribution in [3.8, 4) is 0 Å². The minimum atomic E-state index is -2.77. The molecule has 4 N–H and O–H groups in total. The second-order valence-corrected chi connectivity index (χ2v) is 5.92. The molecule has 0 radical (unpaired) electrons. The molecule has 0 amide bonds. The van der Waals surface area contributed by atoms with Crippen LogP contribution in [0.2, 0.25) is 0 Å². The second kappa shape index (κ2) is 3.51. The Balaban J connectivity index is 3.26. The third-order valence-electron chi connectivity index (χ3n) is 0.497. The smallest absolute Gasteiger partial charge is 0.261 e. The zero-order valence-corrected chi connectivity index (χ0v) is 6.54. The molecular weight excluding hydrogens is 143 g/mol. The molecule has 3 nitrogen and oxygen atoms in total. The summed E-state index contributed by atoms with van der Waals surface area (Å²) in [7, 11) is 0. The Labute approximate surface area is 53.4 Å². The summed E-state index contributed by atoms with van der Waals surface area (Å²) in [6.07, 6.45) is 0.961. The lowest BCUT2D eigenvalue weighted by Crippen LogP contribution is -2.00. The largest absolute Gasteiger partial charge is 0.277 e. The van der Waals surface area contributed by atoms with Crippen molar-refractivity contribution in [2.24, 2.45) is 11.0 Å². The highest BCUT2D eigenvalue weighted by Crippen LogP contribution is 2.42. The van der Waals surface area contributed by atoms with Crippen molar-refractivity contribution in [3.05, 3.63) is 0 Å². The van der Waals surface area contributed by atoms with Crippen LogP contribution < -0.4 is 11.0 Å². The van der Waals surface area contributed by atoms with Gasteiger partial charge in [-0.25, -0.2) is 0 Å². The first-order valence-corrected chi connectivity index (χ1v) is 5.81. The van der Waals surface area contributed by atoms with Gasteiger partial charge in [-0.15, -0.1) is 0 Å². The Morgan fingerprint density at radius 1 is 1.62 bits per heavy atom. The molecule has 0 bridgehead atoms. The predicted octanol–water partition coefficient (Wildman–Crippen LogP) is 1.16. The van der Waals surface area contributed by atoms with Crippen molar-refractivity contribution in [1.29, 1.82) is 0 Å². The summed E-state index contributed by atoms with van der Waals surface area (Å²) in [6, 6.07) is 0. The Morgan fingerprint density at radius 2 is 2.12 bits per heavy atom. The molecule has 0 atom stereocenters. The molecule has 0 fully saturated rings. The maximum absolute atomic E-state index is 10.5. The van der Waals surface area contributed by atoms with Gasteiger partial charge in [0.05, 0.1) is 0 Å². The monoisotopic (exact) mass is 154 g/mol. The molecule has 0 unspecified atom stereocenters. The minimum absolute atomic E-state index is 0.782. The van der Waals surface area contributed by atoms with E-state index in [0.717, 1.165) is 23.6 Å². The Kier molecular flexibility index (Phi) is 3.73. The summed E-state index contributed by atoms with van der Waals surface area (Å²) in [5, 5.41) is 0. The molecule has 0 aromatic rings. The molecule has 0 aliphatic carbocycles. The van der Waals surface area contributed by atoms with Gasteiger partial charge in [-0.05, 0) is 6.42 Å². The summed E-state index contributed by atoms with van der Waals surface area (Å²) in [5.74, 6) is 0.782. The van der Waals surface area contributed by atoms with Gasteiger partial charge in [0, 0.05) is 5.75 Å². The first kappa shape index (κ1) is 8.50. The van der Waals surface area contributed by atoms with E-state index in [1.165, 1.54) is 0 Å². The van der Waals surface area contributed by atoms with E-state index >= 15 is 0 Å². The van der Waals surface area contributed by atoms with E-state index in [1.54, 1.807) is 0 Å². The Hall–Kier alpha value is 0.500. The maximum Gasteiger partial charge on any atom is 0.261 e. The lowest BCUT2D eigenvalue weighted by atomic mass is 10.6. The third kappa shape index (κ3) is 6.50. The number of hydrogen-bond donors (Lipinski definition) is 2. The highest BCUT2D eigenvalue weighted by molar-refractivity contribution is 8.56. The van der Waals surface area contributed by atoms with Crippen molar-refractivity contribution in [1.82, 2.24) is 0 Å². The lowest BCUT2D eigenvalue weighted by molar-refractivity contribution is 0.587. The van der Waals surface area contributed by atoms with Gasteiger partial charge in [0.25, 0.3) is 6.65 Å². The van der Waals surface area contributed by atoms with Crippen LogP contribution in [0.1, 0.15) is 13.3 Å². The van der Waals surface area contributed by atoms with Crippen molar-refractivity contribution >= 4 is 18.0 Å². The Morgan fingerprint density at radius 3 is 2.25 bits per heavy atom. The van der Waals surface area contributed by atoms with E-state index in [2.05, 4.69) is 0 Å². The van der Waals surface area contributed by atoms with Gasteiger partial charge < -0.3 is 0 Å². The molecule has 50 valence electrons. The fourth-order valence-corrected chi connectivity index (χ4v) is 2.11. The van der Waals surface area contributed by atoms with E-state index < -0.39 is 6.65 Å². The van der Waals surface area contributed by atoms with Gasteiger partial charge in [0.15, 0.2) is 0 Å². The summed E-state index contributed by atoms with van der Waals surface area (Å²) in [6.45, 7) is -0.777. The molecule has 0 aromatic carbocycles. The van der Waals surface area contributed by atoms with E-state index in [9.17, 15) is 4.57 Å². The zero-order valence-electron chi connectivity index (χ0n) is 4.83. The predicted molar refractivity (Wildman–Crippen MR) is 38.7 cm³/mol. The van der Waals surface area contributed by atoms with Crippen LogP contribution in [0.3, 0.4) is 0 Å². The molecule has 0 heterocycles. The van der Waals surface area contributed by atoms with Gasteiger partial charge in [-0.3, -0.25) is 15.6 Å². The van der Waals surface area contributed by atoms with Crippen LogP contribution >= 0.6 is 18.0 Å². The maximum atomic E-state index is 10.5. The molecule has 0 aliphatic rings. The summed E-state index contributed by atoms with van der Waals surface area (Å²) < 4.78 is 10.5. The van der Waals surface area contributed by atoms with E-state index in [0.29, 0.717) is 0 Å². The Bertz CT molecular complexity index is 101. The molecule has 0 saturated heterocycles. The van der Waals surface area contributed by atoms with E-state index in [-0.39, 0.29) is 0 Å². The zero-order chi connectivity index (χ0) is 6.62. The fraction of sp³-hybridized carbons (Fsp3) is 1.00. The molecule has 0 aliphatic heterocycles. The first-order valence-electron chi connectivity index (χ1n) is 2.38. The number of nitrogens with two attached hydrogens (primary N) is 2. The fourth-order valence-electron chi connectivity index (χ4n) is 0.234. The van der Waals surface area contributed by atoms with Gasteiger partial charge in [-0.2, -0.15) is 0 Å². The van der Waals surface area contributed by atoms with E-state index in [1.807, 2.05) is 6.92 Å². The summed E-state index contributed by atoms with van der Waals surface area (Å²) in [5.41, 5.74) is 10.0. The molecule has 0 aromatic heterocycles. The van der Waals surface area contributed by atoms with Crippen LogP contribution in [0.25, 0.3) is 0 Å². The van der Waals surface area contributed by atoms with E-state index in [4.69, 9.17) is 11.0 Å². The molecule has 0 rings (SSSR count). The van der Waals surface area contributed by atoms with Crippen LogP contribution in [0.4, 0.5) is 0 Å². The quantitative estimate of drug-likeness (QED) is 0.598. The van der Waals surface area contributed by atoms with Crippen LogP contribution in [0.15, 0.2) is 0 Å². The van der Waals surface area contributed by atoms with Gasteiger partial charge >= 0.3 is 0 Å². The number of rotatable bonds is 3. The van der Waals surface area contributed by atoms with Gasteiger partial charge in [-0.1, -0.05) is 18.3 Å². The highest BCUT2D eigenvalue weighted by atomic mass is 32.7. The second-order valence-electron chi connectivity index (χ2n) is 1.48. The average molecular weight is 154 g/mol. The molecule has 8 heavy (non-hydrogen) atoms. The molecule has 0 saturated carbocycles. The standard InChI is InChI=1S/C3H11N2OPS/c1-2-3-8-7(4,5)6/h2-3H2,1H3,(H4,4,5,6). The van der Waals surface area contributed by atoms with Crippen LogP contribution in [-0.2, 0) is 4.57 Å². The minimum Gasteiger partial charge on any atom is -0.277 e. The highest BCUT2D eigenvalue weighted by Gasteiger charge is 2.05. The SMILES string of the molecule is CCCSP(N)(N)=O. The third-order valence-corrected chi connectivity index (χ3v) is 3.25. The molecule has 5 heteroatoms. The van der Waals surface area contributed by atoms with Gasteiger partial charge in [0.1, 0.15) is 0 Å². The summed E-state index contributed by atoms with van der Waals surface area (Å²) in [4.78, 5) is 0. The number of hydrogen-bond acceptors (Lipinski definition) is 2. The first-order chi connectivity index (χ1) is 3.56. The molecular formula is C3H11N2OPS. The van der Waals surface area contributed by atoms with Crippen molar-refractivity contribution < 1.29 is 4.57 Å². The van der Waals surface area contributed by atoms with Crippen LogP contribution in [0.5, 0.6) is 0 Å². The lowest BCUT2D eigenvalue weighted by Gasteiger charge is -2.01. The summed E-state index contributed by atoms with van der Waals surface area (Å²) >= 11 is 1.14. The normalized spacial score (nSPS) is 11.9. The van der Waals surface area contributed by atoms with Crippen molar-refractivity contribution in [2.45, 2.75) is 13.3 Å². The van der Waals surface area contributed by atoms with Crippen molar-refractivity contribution in [3.63, 3.8) is 0 Å². The van der Waals surface area contributed by atoms with Crippen LogP contribution in [0, 0.1) is 0 Å². The van der Waals surface area contributed by atoms with Gasteiger partial charge in [0.2, 0.25) is 0 Å². The van der Waals surface area contributed by atoms with Crippen molar-refractivity contribution in [2.75, 3.05) is 5.75 Å². The average Bonchev–Trinajstić information content (AvgIpc) is 1.59. The topological polar surface area (TPSA) is 69.1 Å².